The number of amides is 1. The molecule has 0 spiro atoms. The highest BCUT2D eigenvalue weighted by Gasteiger charge is 2.35. The van der Waals surface area contributed by atoms with Gasteiger partial charge in [-0.25, -0.2) is 8.42 Å². The number of benzene rings is 1. The number of nitrogens with zero attached hydrogens (tertiary/aromatic N) is 1. The molecule has 1 aromatic carbocycles. The van der Waals surface area contributed by atoms with Gasteiger partial charge in [-0.1, -0.05) is 24.3 Å². The van der Waals surface area contributed by atoms with Gasteiger partial charge in [-0.15, -0.1) is 0 Å². The first-order valence-corrected chi connectivity index (χ1v) is 9.83. The van der Waals surface area contributed by atoms with Crippen molar-refractivity contribution in [1.29, 1.82) is 0 Å². The fourth-order valence-electron chi connectivity index (χ4n) is 3.09. The maximum atomic E-state index is 12.9. The molecule has 1 fully saturated rings. The van der Waals surface area contributed by atoms with Crippen LogP contribution in [0.5, 0.6) is 0 Å². The average molecular weight is 347 g/mol. The molecule has 1 amide bonds. The molecule has 0 bridgehead atoms. The van der Waals surface area contributed by atoms with Crippen LogP contribution in [0.15, 0.2) is 47.1 Å². The zero-order chi connectivity index (χ0) is 17.2. The average Bonchev–Trinajstić information content (AvgIpc) is 3.16. The first-order chi connectivity index (χ1) is 11.4. The molecule has 0 radical (unpaired) electrons. The lowest BCUT2D eigenvalue weighted by molar-refractivity contribution is -0.133. The quantitative estimate of drug-likeness (QED) is 0.833. The molecule has 1 aliphatic heterocycles. The van der Waals surface area contributed by atoms with Crippen LogP contribution in [-0.2, 0) is 27.6 Å². The van der Waals surface area contributed by atoms with Crippen LogP contribution in [0, 0.1) is 6.92 Å². The van der Waals surface area contributed by atoms with E-state index < -0.39 is 9.84 Å². The largest absolute Gasteiger partial charge is 0.467 e. The van der Waals surface area contributed by atoms with Crippen LogP contribution in [-0.4, -0.2) is 36.8 Å². The Kier molecular flexibility index (Phi) is 4.76. The minimum Gasteiger partial charge on any atom is -0.467 e. The summed E-state index contributed by atoms with van der Waals surface area (Å²) in [7, 11) is -3.06. The zero-order valence-corrected chi connectivity index (χ0v) is 14.5. The molecule has 3 rings (SSSR count). The second-order valence-corrected chi connectivity index (χ2v) is 8.49. The van der Waals surface area contributed by atoms with Gasteiger partial charge in [-0.05, 0) is 36.6 Å². The van der Waals surface area contributed by atoms with Crippen molar-refractivity contribution in [2.75, 3.05) is 11.5 Å². The molecular weight excluding hydrogens is 326 g/mol. The Hall–Kier alpha value is -2.08. The van der Waals surface area contributed by atoms with Crippen molar-refractivity contribution in [2.45, 2.75) is 32.4 Å². The van der Waals surface area contributed by atoms with Gasteiger partial charge in [-0.2, -0.15) is 0 Å². The molecule has 1 aliphatic rings. The molecule has 24 heavy (non-hydrogen) atoms. The Balaban J connectivity index is 1.81. The van der Waals surface area contributed by atoms with Crippen LogP contribution >= 0.6 is 0 Å². The number of hydrogen-bond donors (Lipinski definition) is 0. The summed E-state index contributed by atoms with van der Waals surface area (Å²) in [5, 5.41) is 0. The van der Waals surface area contributed by atoms with Gasteiger partial charge in [0.15, 0.2) is 9.84 Å². The van der Waals surface area contributed by atoms with Crippen molar-refractivity contribution in [3.63, 3.8) is 0 Å². The zero-order valence-electron chi connectivity index (χ0n) is 13.6. The molecule has 1 aromatic heterocycles. The van der Waals surface area contributed by atoms with Crippen molar-refractivity contribution in [1.82, 2.24) is 4.90 Å². The van der Waals surface area contributed by atoms with Crippen molar-refractivity contribution >= 4 is 15.7 Å². The van der Waals surface area contributed by atoms with Crippen molar-refractivity contribution in [3.05, 3.63) is 59.5 Å². The number of hydrogen-bond acceptors (Lipinski definition) is 4. The first kappa shape index (κ1) is 16.8. The molecule has 1 atom stereocenters. The second-order valence-electron chi connectivity index (χ2n) is 6.26. The van der Waals surface area contributed by atoms with Gasteiger partial charge in [0, 0.05) is 6.04 Å². The third-order valence-electron chi connectivity index (χ3n) is 4.48. The predicted molar refractivity (Wildman–Crippen MR) is 91.2 cm³/mol. The van der Waals surface area contributed by atoms with E-state index >= 15 is 0 Å². The van der Waals surface area contributed by atoms with E-state index in [2.05, 4.69) is 0 Å². The van der Waals surface area contributed by atoms with Crippen molar-refractivity contribution < 1.29 is 17.6 Å². The van der Waals surface area contributed by atoms with Crippen molar-refractivity contribution in [2.24, 2.45) is 0 Å². The number of aryl methyl sites for hydroxylation is 1. The summed E-state index contributed by atoms with van der Waals surface area (Å²) in [6.45, 7) is 2.28. The van der Waals surface area contributed by atoms with E-state index in [1.54, 1.807) is 23.3 Å². The Bertz CT molecular complexity index is 811. The molecule has 2 heterocycles. The van der Waals surface area contributed by atoms with E-state index in [0.717, 1.165) is 11.1 Å². The molecule has 0 saturated carbocycles. The molecule has 5 nitrogen and oxygen atoms in total. The number of rotatable bonds is 5. The SMILES string of the molecule is Cc1ccccc1CC(=O)N(Cc1ccco1)C1CCS(=O)(=O)C1. The van der Waals surface area contributed by atoms with Gasteiger partial charge >= 0.3 is 0 Å². The predicted octanol–water partition coefficient (Wildman–Crippen LogP) is 2.35. The third-order valence-corrected chi connectivity index (χ3v) is 6.23. The van der Waals surface area contributed by atoms with Gasteiger partial charge in [0.05, 0.1) is 30.7 Å². The lowest BCUT2D eigenvalue weighted by Crippen LogP contribution is -2.41. The summed E-state index contributed by atoms with van der Waals surface area (Å²) in [5.74, 6) is 0.775. The molecule has 2 aromatic rings. The normalized spacial score (nSPS) is 19.3. The number of furan rings is 1. The Morgan fingerprint density at radius 1 is 1.25 bits per heavy atom. The smallest absolute Gasteiger partial charge is 0.227 e. The van der Waals surface area contributed by atoms with Gasteiger partial charge < -0.3 is 9.32 Å². The van der Waals surface area contributed by atoms with E-state index in [1.165, 1.54) is 0 Å². The number of carbonyl (C=O) groups is 1. The number of sulfone groups is 1. The summed E-state index contributed by atoms with van der Waals surface area (Å²) < 4.78 is 29.0. The number of carbonyl (C=O) groups excluding carboxylic acids is 1. The highest BCUT2D eigenvalue weighted by molar-refractivity contribution is 7.91. The highest BCUT2D eigenvalue weighted by Crippen LogP contribution is 2.22. The van der Waals surface area contributed by atoms with Crippen LogP contribution in [0.3, 0.4) is 0 Å². The summed E-state index contributed by atoms with van der Waals surface area (Å²) in [5.41, 5.74) is 2.02. The maximum Gasteiger partial charge on any atom is 0.227 e. The van der Waals surface area contributed by atoms with Crippen LogP contribution < -0.4 is 0 Å². The third kappa shape index (κ3) is 3.87. The van der Waals surface area contributed by atoms with Gasteiger partial charge in [-0.3, -0.25) is 4.79 Å². The molecule has 128 valence electrons. The molecule has 0 aliphatic carbocycles. The Morgan fingerprint density at radius 3 is 2.67 bits per heavy atom. The molecule has 6 heteroatoms. The van der Waals surface area contributed by atoms with Crippen LogP contribution in [0.25, 0.3) is 0 Å². The topological polar surface area (TPSA) is 67.6 Å². The van der Waals surface area contributed by atoms with Crippen molar-refractivity contribution in [3.8, 4) is 0 Å². The second kappa shape index (κ2) is 6.81. The van der Waals surface area contributed by atoms with Crippen LogP contribution in [0.2, 0.25) is 0 Å². The summed E-state index contributed by atoms with van der Waals surface area (Å²) in [6.07, 6.45) is 2.32. The van der Waals surface area contributed by atoms with Gasteiger partial charge in [0.2, 0.25) is 5.91 Å². The lowest BCUT2D eigenvalue weighted by atomic mass is 10.0. The monoisotopic (exact) mass is 347 g/mol. The summed E-state index contributed by atoms with van der Waals surface area (Å²) >= 11 is 0. The minimum atomic E-state index is -3.06. The van der Waals surface area contributed by atoms with Gasteiger partial charge in [0.25, 0.3) is 0 Å². The minimum absolute atomic E-state index is 0.0349. The summed E-state index contributed by atoms with van der Waals surface area (Å²) in [4.78, 5) is 14.5. The standard InChI is InChI=1S/C18H21NO4S/c1-14-5-2-3-6-15(14)11-18(20)19(12-17-7-4-9-23-17)16-8-10-24(21,22)13-16/h2-7,9,16H,8,10-13H2,1H3. The van der Waals surface area contributed by atoms with Crippen LogP contribution in [0.1, 0.15) is 23.3 Å². The Labute approximate surface area is 142 Å². The van der Waals surface area contributed by atoms with E-state index in [1.807, 2.05) is 31.2 Å². The fraction of sp³-hybridized carbons (Fsp3) is 0.389. The fourth-order valence-corrected chi connectivity index (χ4v) is 4.82. The van der Waals surface area contributed by atoms with E-state index in [9.17, 15) is 13.2 Å². The lowest BCUT2D eigenvalue weighted by Gasteiger charge is -2.28. The van der Waals surface area contributed by atoms with E-state index in [-0.39, 0.29) is 29.9 Å². The Morgan fingerprint density at radius 2 is 2.04 bits per heavy atom. The summed E-state index contributed by atoms with van der Waals surface area (Å²) in [6, 6.07) is 11.0. The molecular formula is C18H21NO4S. The highest BCUT2D eigenvalue weighted by atomic mass is 32.2. The maximum absolute atomic E-state index is 12.9. The van der Waals surface area contributed by atoms with E-state index in [0.29, 0.717) is 18.7 Å². The van der Waals surface area contributed by atoms with Crippen LogP contribution in [0.4, 0.5) is 0 Å². The first-order valence-electron chi connectivity index (χ1n) is 8.01. The van der Waals surface area contributed by atoms with E-state index in [4.69, 9.17) is 4.42 Å². The molecule has 0 N–H and O–H groups in total. The molecule has 1 saturated heterocycles. The molecule has 1 unspecified atom stereocenters. The van der Waals surface area contributed by atoms with Gasteiger partial charge in [0.1, 0.15) is 5.76 Å².